The molecule has 1 unspecified atom stereocenters. The summed E-state index contributed by atoms with van der Waals surface area (Å²) in [6.45, 7) is 2.10. The summed E-state index contributed by atoms with van der Waals surface area (Å²) in [6, 6.07) is 4.06. The molecule has 0 aromatic carbocycles. The lowest BCUT2D eigenvalue weighted by atomic mass is 10.3. The van der Waals surface area contributed by atoms with Crippen molar-refractivity contribution in [1.82, 2.24) is 5.32 Å². The average Bonchev–Trinajstić information content (AvgIpc) is 2.70. The van der Waals surface area contributed by atoms with Crippen LogP contribution in [0.1, 0.15) is 17.8 Å². The van der Waals surface area contributed by atoms with Crippen molar-refractivity contribution in [2.45, 2.75) is 13.0 Å². The highest BCUT2D eigenvalue weighted by Crippen LogP contribution is 2.18. The lowest BCUT2D eigenvalue weighted by molar-refractivity contribution is -0.119. The van der Waals surface area contributed by atoms with Crippen molar-refractivity contribution in [3.05, 3.63) is 22.4 Å². The van der Waals surface area contributed by atoms with E-state index in [0.29, 0.717) is 11.5 Å². The minimum atomic E-state index is 0.0225. The summed E-state index contributed by atoms with van der Waals surface area (Å²) >= 11 is 3.08. The Kier molecular flexibility index (Phi) is 5.75. The highest BCUT2D eigenvalue weighted by Gasteiger charge is 2.09. The second-order valence-corrected chi connectivity index (χ2v) is 5.17. The van der Waals surface area contributed by atoms with Gasteiger partial charge in [-0.05, 0) is 18.4 Å². The second-order valence-electron chi connectivity index (χ2n) is 3.08. The van der Waals surface area contributed by atoms with Crippen molar-refractivity contribution in [3.63, 3.8) is 0 Å². The zero-order valence-corrected chi connectivity index (χ0v) is 10.2. The lowest BCUT2D eigenvalue weighted by Crippen LogP contribution is -2.27. The number of aliphatic hydroxyl groups excluding tert-OH is 1. The molecule has 3 nitrogen and oxygen atoms in total. The van der Waals surface area contributed by atoms with Crippen LogP contribution in [-0.2, 0) is 4.79 Å². The van der Waals surface area contributed by atoms with Crippen molar-refractivity contribution in [1.29, 1.82) is 0 Å². The predicted molar refractivity (Wildman–Crippen MR) is 65.3 cm³/mol. The van der Waals surface area contributed by atoms with Gasteiger partial charge in [-0.25, -0.2) is 0 Å². The van der Waals surface area contributed by atoms with Gasteiger partial charge in [-0.1, -0.05) is 6.07 Å². The highest BCUT2D eigenvalue weighted by atomic mass is 32.2. The molecule has 0 saturated heterocycles. The standard InChI is InChI=1S/C10H15NO2S2/c1-8(9-3-2-5-15-9)11-10(13)7-14-6-4-12/h2-3,5,8,12H,4,6-7H2,1H3,(H,11,13). The van der Waals surface area contributed by atoms with E-state index >= 15 is 0 Å². The van der Waals surface area contributed by atoms with E-state index in [-0.39, 0.29) is 18.6 Å². The van der Waals surface area contributed by atoms with Crippen LogP contribution in [0.25, 0.3) is 0 Å². The quantitative estimate of drug-likeness (QED) is 0.749. The minimum Gasteiger partial charge on any atom is -0.396 e. The van der Waals surface area contributed by atoms with E-state index in [9.17, 15) is 4.79 Å². The van der Waals surface area contributed by atoms with Gasteiger partial charge in [-0.3, -0.25) is 4.79 Å². The molecule has 0 saturated carbocycles. The van der Waals surface area contributed by atoms with Gasteiger partial charge in [0.05, 0.1) is 18.4 Å². The molecule has 2 N–H and O–H groups in total. The monoisotopic (exact) mass is 245 g/mol. The summed E-state index contributed by atoms with van der Waals surface area (Å²) in [7, 11) is 0. The Bertz CT molecular complexity index is 288. The number of nitrogens with one attached hydrogen (secondary N) is 1. The van der Waals surface area contributed by atoms with Gasteiger partial charge in [0.2, 0.25) is 5.91 Å². The van der Waals surface area contributed by atoms with Gasteiger partial charge < -0.3 is 10.4 Å². The SMILES string of the molecule is CC(NC(=O)CSCCO)c1cccs1. The number of hydrogen-bond acceptors (Lipinski definition) is 4. The molecule has 0 bridgehead atoms. The summed E-state index contributed by atoms with van der Waals surface area (Å²) in [6.07, 6.45) is 0. The smallest absolute Gasteiger partial charge is 0.230 e. The highest BCUT2D eigenvalue weighted by molar-refractivity contribution is 7.99. The molecule has 0 fully saturated rings. The Morgan fingerprint density at radius 2 is 2.53 bits per heavy atom. The number of rotatable bonds is 6. The molecule has 1 aromatic rings. The van der Waals surface area contributed by atoms with Crippen LogP contribution in [0.2, 0.25) is 0 Å². The van der Waals surface area contributed by atoms with Gasteiger partial charge in [-0.15, -0.1) is 23.1 Å². The molecule has 1 heterocycles. The van der Waals surface area contributed by atoms with Crippen molar-refractivity contribution >= 4 is 29.0 Å². The molecule has 1 aromatic heterocycles. The average molecular weight is 245 g/mol. The van der Waals surface area contributed by atoms with Gasteiger partial charge in [0.1, 0.15) is 0 Å². The van der Waals surface area contributed by atoms with E-state index < -0.39 is 0 Å². The fourth-order valence-electron chi connectivity index (χ4n) is 1.12. The number of carbonyl (C=O) groups excluding carboxylic acids is 1. The Balaban J connectivity index is 2.26. The number of carbonyl (C=O) groups is 1. The Hall–Kier alpha value is -0.520. The van der Waals surface area contributed by atoms with E-state index in [4.69, 9.17) is 5.11 Å². The van der Waals surface area contributed by atoms with E-state index in [1.165, 1.54) is 11.8 Å². The van der Waals surface area contributed by atoms with Gasteiger partial charge in [0.25, 0.3) is 0 Å². The molecule has 0 aliphatic rings. The summed E-state index contributed by atoms with van der Waals surface area (Å²) in [5.41, 5.74) is 0. The number of aliphatic hydroxyl groups is 1. The Morgan fingerprint density at radius 3 is 3.13 bits per heavy atom. The third kappa shape index (κ3) is 4.68. The topological polar surface area (TPSA) is 49.3 Å². The Morgan fingerprint density at radius 1 is 1.73 bits per heavy atom. The fourth-order valence-corrected chi connectivity index (χ4v) is 2.40. The lowest BCUT2D eigenvalue weighted by Gasteiger charge is -2.11. The van der Waals surface area contributed by atoms with Crippen molar-refractivity contribution in [2.75, 3.05) is 18.1 Å². The minimum absolute atomic E-state index is 0.0225. The van der Waals surface area contributed by atoms with Crippen LogP contribution in [0.5, 0.6) is 0 Å². The summed E-state index contributed by atoms with van der Waals surface area (Å²) in [5.74, 6) is 1.05. The largest absolute Gasteiger partial charge is 0.396 e. The van der Waals surface area contributed by atoms with E-state index in [1.54, 1.807) is 11.3 Å². The molecule has 5 heteroatoms. The first-order valence-electron chi connectivity index (χ1n) is 4.75. The molecular formula is C10H15NO2S2. The zero-order valence-electron chi connectivity index (χ0n) is 8.60. The summed E-state index contributed by atoms with van der Waals surface area (Å²) < 4.78 is 0. The van der Waals surface area contributed by atoms with Gasteiger partial charge in [0, 0.05) is 10.6 Å². The van der Waals surface area contributed by atoms with Crippen LogP contribution >= 0.6 is 23.1 Å². The molecule has 0 aliphatic carbocycles. The number of amides is 1. The van der Waals surface area contributed by atoms with Crippen LogP contribution < -0.4 is 5.32 Å². The predicted octanol–water partition coefficient (Wildman–Crippen LogP) is 1.65. The van der Waals surface area contributed by atoms with Gasteiger partial charge in [0.15, 0.2) is 0 Å². The third-order valence-corrected chi connectivity index (χ3v) is 3.81. The zero-order chi connectivity index (χ0) is 11.1. The number of hydrogen-bond donors (Lipinski definition) is 2. The molecule has 84 valence electrons. The normalized spacial score (nSPS) is 12.4. The van der Waals surface area contributed by atoms with Crippen LogP contribution in [-0.4, -0.2) is 29.1 Å². The van der Waals surface area contributed by atoms with Crippen LogP contribution in [0.3, 0.4) is 0 Å². The fraction of sp³-hybridized carbons (Fsp3) is 0.500. The summed E-state index contributed by atoms with van der Waals surface area (Å²) in [5, 5.41) is 13.5. The molecule has 0 radical (unpaired) electrons. The third-order valence-electron chi connectivity index (χ3n) is 1.82. The maximum atomic E-state index is 11.4. The molecule has 1 rings (SSSR count). The maximum absolute atomic E-state index is 11.4. The molecule has 0 spiro atoms. The molecule has 1 atom stereocenters. The Labute approximate surface area is 97.9 Å². The first-order chi connectivity index (χ1) is 7.24. The van der Waals surface area contributed by atoms with Crippen molar-refractivity contribution in [3.8, 4) is 0 Å². The number of thioether (sulfide) groups is 1. The summed E-state index contributed by atoms with van der Waals surface area (Å²) in [4.78, 5) is 12.6. The molecule has 15 heavy (non-hydrogen) atoms. The van der Waals surface area contributed by atoms with Crippen molar-refractivity contribution in [2.24, 2.45) is 0 Å². The first kappa shape index (κ1) is 12.5. The van der Waals surface area contributed by atoms with Gasteiger partial charge in [-0.2, -0.15) is 0 Å². The molecular weight excluding hydrogens is 230 g/mol. The van der Waals surface area contributed by atoms with E-state index in [0.717, 1.165) is 4.88 Å². The van der Waals surface area contributed by atoms with Crippen molar-refractivity contribution < 1.29 is 9.90 Å². The van der Waals surface area contributed by atoms with E-state index in [1.807, 2.05) is 24.4 Å². The van der Waals surface area contributed by atoms with Crippen LogP contribution in [0.15, 0.2) is 17.5 Å². The van der Waals surface area contributed by atoms with Crippen LogP contribution in [0.4, 0.5) is 0 Å². The first-order valence-corrected chi connectivity index (χ1v) is 6.79. The van der Waals surface area contributed by atoms with Crippen LogP contribution in [0, 0.1) is 0 Å². The molecule has 1 amide bonds. The second kappa shape index (κ2) is 6.87. The maximum Gasteiger partial charge on any atom is 0.230 e. The van der Waals surface area contributed by atoms with E-state index in [2.05, 4.69) is 5.32 Å². The van der Waals surface area contributed by atoms with Gasteiger partial charge >= 0.3 is 0 Å². The number of thiophene rings is 1. The molecule has 0 aliphatic heterocycles.